The van der Waals surface area contributed by atoms with Crippen LogP contribution in [-0.4, -0.2) is 0 Å². The molecular formula is C60H47N. The predicted molar refractivity (Wildman–Crippen MR) is 258 cm³/mol. The highest BCUT2D eigenvalue weighted by atomic mass is 15.1. The highest BCUT2D eigenvalue weighted by molar-refractivity contribution is 5.91. The predicted octanol–water partition coefficient (Wildman–Crippen LogP) is 16.4. The number of hydrogen-bond acceptors (Lipinski definition) is 1. The fourth-order valence-electron chi connectivity index (χ4n) is 10.4. The number of fused-ring (bicyclic) bond motifs is 6. The Balaban J connectivity index is 1.04. The smallest absolute Gasteiger partial charge is 0.0473 e. The molecule has 0 heterocycles. The third-order valence-corrected chi connectivity index (χ3v) is 13.4. The molecule has 1 heteroatoms. The van der Waals surface area contributed by atoms with Crippen molar-refractivity contribution in [2.45, 2.75) is 38.5 Å². The molecule has 2 aliphatic rings. The van der Waals surface area contributed by atoms with Gasteiger partial charge in [-0.15, -0.1) is 0 Å². The Morgan fingerprint density at radius 2 is 0.705 bits per heavy atom. The summed E-state index contributed by atoms with van der Waals surface area (Å²) >= 11 is 0. The van der Waals surface area contributed by atoms with Crippen molar-refractivity contribution in [2.75, 3.05) is 4.90 Å². The fourth-order valence-corrected chi connectivity index (χ4v) is 10.4. The van der Waals surface area contributed by atoms with Crippen LogP contribution in [0.2, 0.25) is 0 Å². The summed E-state index contributed by atoms with van der Waals surface area (Å²) in [6.45, 7) is 9.42. The van der Waals surface area contributed by atoms with E-state index in [1.165, 1.54) is 89.0 Å². The highest BCUT2D eigenvalue weighted by Gasteiger charge is 2.37. The van der Waals surface area contributed by atoms with Crippen LogP contribution in [-0.2, 0) is 10.8 Å². The number of hydrogen-bond donors (Lipinski definition) is 0. The minimum atomic E-state index is -0.0981. The molecule has 11 rings (SSSR count). The summed E-state index contributed by atoms with van der Waals surface area (Å²) in [5, 5.41) is 0. The molecule has 0 fully saturated rings. The van der Waals surface area contributed by atoms with Crippen molar-refractivity contribution in [3.63, 3.8) is 0 Å². The number of nitrogens with zero attached hydrogens (tertiary/aromatic N) is 1. The van der Waals surface area contributed by atoms with Crippen molar-refractivity contribution in [3.05, 3.63) is 235 Å². The Morgan fingerprint density at radius 1 is 0.262 bits per heavy atom. The van der Waals surface area contributed by atoms with Gasteiger partial charge in [-0.2, -0.15) is 0 Å². The largest absolute Gasteiger partial charge is 0.310 e. The van der Waals surface area contributed by atoms with Gasteiger partial charge >= 0.3 is 0 Å². The fraction of sp³-hybridized carbons (Fsp3) is 0.100. The molecule has 0 N–H and O–H groups in total. The van der Waals surface area contributed by atoms with Gasteiger partial charge in [0.25, 0.3) is 0 Å². The molecule has 0 spiro atoms. The monoisotopic (exact) mass is 781 g/mol. The first kappa shape index (κ1) is 36.8. The van der Waals surface area contributed by atoms with Crippen LogP contribution < -0.4 is 4.90 Å². The minimum absolute atomic E-state index is 0.0149. The Hall–Kier alpha value is -7.22. The Labute approximate surface area is 360 Å². The molecule has 2 aliphatic carbocycles. The number of benzene rings is 9. The Bertz CT molecular complexity index is 3040. The summed E-state index contributed by atoms with van der Waals surface area (Å²) in [6, 6.07) is 78.5. The van der Waals surface area contributed by atoms with E-state index < -0.39 is 0 Å². The van der Waals surface area contributed by atoms with Gasteiger partial charge in [0, 0.05) is 27.9 Å². The van der Waals surface area contributed by atoms with Crippen LogP contribution in [0.25, 0.3) is 66.8 Å². The Kier molecular flexibility index (Phi) is 8.58. The van der Waals surface area contributed by atoms with Crippen molar-refractivity contribution in [2.24, 2.45) is 0 Å². The molecule has 9 aromatic rings. The molecule has 0 aliphatic heterocycles. The molecule has 0 amide bonds. The summed E-state index contributed by atoms with van der Waals surface area (Å²) < 4.78 is 0. The molecule has 0 radical (unpaired) electrons. The lowest BCUT2D eigenvalue weighted by atomic mass is 9.79. The minimum Gasteiger partial charge on any atom is -0.310 e. The lowest BCUT2D eigenvalue weighted by Gasteiger charge is -2.28. The molecule has 0 saturated carbocycles. The molecule has 1 nitrogen and oxygen atoms in total. The molecule has 9 aromatic carbocycles. The van der Waals surface area contributed by atoms with Crippen LogP contribution >= 0.6 is 0 Å². The van der Waals surface area contributed by atoms with E-state index in [0.29, 0.717) is 0 Å². The summed E-state index contributed by atoms with van der Waals surface area (Å²) in [5.74, 6) is 0. The number of rotatable bonds is 7. The van der Waals surface area contributed by atoms with Gasteiger partial charge in [-0.05, 0) is 138 Å². The van der Waals surface area contributed by atoms with Gasteiger partial charge in [0.15, 0.2) is 0 Å². The maximum absolute atomic E-state index is 2.42. The van der Waals surface area contributed by atoms with Gasteiger partial charge in [0.2, 0.25) is 0 Å². The van der Waals surface area contributed by atoms with E-state index in [4.69, 9.17) is 0 Å². The average molecular weight is 782 g/mol. The zero-order valence-electron chi connectivity index (χ0n) is 35.2. The first-order valence-corrected chi connectivity index (χ1v) is 21.5. The standard InChI is InChI=1S/C60H47N/c1-59(2)55-24-13-12-21-52(55)54-39-44(30-35-57(54)59)42-26-31-47(32-27-42)61(49-37-45(40-16-7-5-8-17-40)36-46(38-49)41-18-9-6-10-19-41)48-33-28-43(29-34-48)50-22-15-23-53-51-20-11-14-25-56(51)60(3,4)58(50)53/h5-39H,1-4H3. The van der Waals surface area contributed by atoms with Crippen molar-refractivity contribution in [1.29, 1.82) is 0 Å². The summed E-state index contributed by atoms with van der Waals surface area (Å²) in [6.07, 6.45) is 0. The van der Waals surface area contributed by atoms with Crippen molar-refractivity contribution >= 4 is 17.1 Å². The first-order valence-electron chi connectivity index (χ1n) is 21.5. The summed E-state index contributed by atoms with van der Waals surface area (Å²) in [4.78, 5) is 2.42. The van der Waals surface area contributed by atoms with Gasteiger partial charge in [-0.25, -0.2) is 0 Å². The van der Waals surface area contributed by atoms with Crippen LogP contribution in [0.5, 0.6) is 0 Å². The van der Waals surface area contributed by atoms with Crippen LogP contribution in [0, 0.1) is 0 Å². The molecule has 0 aromatic heterocycles. The zero-order valence-corrected chi connectivity index (χ0v) is 35.2. The van der Waals surface area contributed by atoms with E-state index in [0.717, 1.165) is 17.1 Å². The van der Waals surface area contributed by atoms with E-state index in [-0.39, 0.29) is 10.8 Å². The average Bonchev–Trinajstić information content (AvgIpc) is 3.69. The molecule has 61 heavy (non-hydrogen) atoms. The summed E-state index contributed by atoms with van der Waals surface area (Å²) in [5.41, 5.74) is 23.8. The quantitative estimate of drug-likeness (QED) is 0.156. The van der Waals surface area contributed by atoms with Crippen LogP contribution in [0.3, 0.4) is 0 Å². The normalized spacial score (nSPS) is 13.8. The van der Waals surface area contributed by atoms with Gasteiger partial charge in [0.05, 0.1) is 0 Å². The van der Waals surface area contributed by atoms with E-state index in [2.05, 4.69) is 245 Å². The van der Waals surface area contributed by atoms with Gasteiger partial charge in [-0.1, -0.05) is 191 Å². The van der Waals surface area contributed by atoms with Crippen molar-refractivity contribution in [3.8, 4) is 66.8 Å². The SMILES string of the molecule is CC1(C)c2ccccc2-c2cc(-c3ccc(N(c4ccc(-c5cccc6c5C(C)(C)c5ccccc5-6)cc4)c4cc(-c5ccccc5)cc(-c5ccccc5)c4)cc3)ccc21. The van der Waals surface area contributed by atoms with Gasteiger partial charge in [0.1, 0.15) is 0 Å². The molecular weight excluding hydrogens is 735 g/mol. The molecule has 0 unspecified atom stereocenters. The van der Waals surface area contributed by atoms with Gasteiger partial charge < -0.3 is 4.90 Å². The first-order chi connectivity index (χ1) is 29.8. The molecule has 0 saturated heterocycles. The second kappa shape index (κ2) is 14.2. The third-order valence-electron chi connectivity index (χ3n) is 13.4. The van der Waals surface area contributed by atoms with E-state index in [1.54, 1.807) is 0 Å². The third kappa shape index (κ3) is 6.07. The van der Waals surface area contributed by atoms with Crippen LogP contribution in [0.1, 0.15) is 49.9 Å². The van der Waals surface area contributed by atoms with E-state index in [1.807, 2.05) is 0 Å². The lowest BCUT2D eigenvalue weighted by Crippen LogP contribution is -2.16. The van der Waals surface area contributed by atoms with Crippen molar-refractivity contribution in [1.82, 2.24) is 0 Å². The second-order valence-electron chi connectivity index (χ2n) is 17.8. The molecule has 292 valence electrons. The van der Waals surface area contributed by atoms with Crippen molar-refractivity contribution < 1.29 is 0 Å². The maximum atomic E-state index is 2.42. The summed E-state index contributed by atoms with van der Waals surface area (Å²) in [7, 11) is 0. The topological polar surface area (TPSA) is 3.24 Å². The van der Waals surface area contributed by atoms with E-state index in [9.17, 15) is 0 Å². The van der Waals surface area contributed by atoms with Crippen LogP contribution in [0.4, 0.5) is 17.1 Å². The Morgan fingerprint density at radius 3 is 1.31 bits per heavy atom. The lowest BCUT2D eigenvalue weighted by molar-refractivity contribution is 0.660. The zero-order chi connectivity index (χ0) is 41.3. The van der Waals surface area contributed by atoms with Crippen LogP contribution in [0.15, 0.2) is 212 Å². The highest BCUT2D eigenvalue weighted by Crippen LogP contribution is 2.53. The molecule has 0 atom stereocenters. The maximum Gasteiger partial charge on any atom is 0.0473 e. The molecule has 0 bridgehead atoms. The van der Waals surface area contributed by atoms with Gasteiger partial charge in [-0.3, -0.25) is 0 Å². The van der Waals surface area contributed by atoms with E-state index >= 15 is 0 Å². The second-order valence-corrected chi connectivity index (χ2v) is 17.8. The number of anilines is 3.